The van der Waals surface area contributed by atoms with E-state index in [0.717, 1.165) is 30.2 Å². The van der Waals surface area contributed by atoms with Crippen LogP contribution in [0.15, 0.2) is 22.7 Å². The first-order chi connectivity index (χ1) is 13.1. The predicted molar refractivity (Wildman–Crippen MR) is 107 cm³/mol. The minimum Gasteiger partial charge on any atom is -0.341 e. The standard InChI is InChI=1S/C18H25N5O2S2/c1-12(16(24)20-17(25)19-2)27-18-22-21-15(11-14-9-6-10-26-14)23(18)13-7-4-3-5-8-13/h6,9-10,12-13H,3-5,7-8,11H2,1-2H3,(H2,19,20,24,25). The summed E-state index contributed by atoms with van der Waals surface area (Å²) in [5.74, 6) is 0.614. The minimum absolute atomic E-state index is 0.336. The molecule has 27 heavy (non-hydrogen) atoms. The number of rotatable bonds is 6. The van der Waals surface area contributed by atoms with Crippen LogP contribution in [0.2, 0.25) is 0 Å². The highest BCUT2D eigenvalue weighted by atomic mass is 32.2. The third-order valence-electron chi connectivity index (χ3n) is 4.70. The maximum absolute atomic E-state index is 12.2. The maximum Gasteiger partial charge on any atom is 0.321 e. The molecule has 146 valence electrons. The number of aromatic nitrogens is 3. The summed E-state index contributed by atoms with van der Waals surface area (Å²) in [6.45, 7) is 1.78. The quantitative estimate of drug-likeness (QED) is 0.717. The Morgan fingerprint density at radius 3 is 2.78 bits per heavy atom. The van der Waals surface area contributed by atoms with Gasteiger partial charge in [-0.1, -0.05) is 37.1 Å². The zero-order valence-corrected chi connectivity index (χ0v) is 17.2. The van der Waals surface area contributed by atoms with E-state index < -0.39 is 11.3 Å². The molecule has 2 N–H and O–H groups in total. The van der Waals surface area contributed by atoms with Crippen LogP contribution >= 0.6 is 23.1 Å². The lowest BCUT2D eigenvalue weighted by Gasteiger charge is -2.26. The van der Waals surface area contributed by atoms with Gasteiger partial charge in [0.25, 0.3) is 0 Å². The molecular weight excluding hydrogens is 382 g/mol. The molecule has 2 heterocycles. The van der Waals surface area contributed by atoms with Crippen LogP contribution < -0.4 is 10.6 Å². The maximum atomic E-state index is 12.2. The van der Waals surface area contributed by atoms with E-state index in [0.29, 0.717) is 6.04 Å². The Morgan fingerprint density at radius 1 is 1.33 bits per heavy atom. The number of nitrogens with zero attached hydrogens (tertiary/aromatic N) is 3. The average molecular weight is 408 g/mol. The van der Waals surface area contributed by atoms with Gasteiger partial charge in [0.15, 0.2) is 5.16 Å². The molecule has 1 atom stereocenters. The van der Waals surface area contributed by atoms with Gasteiger partial charge in [0.05, 0.1) is 5.25 Å². The second kappa shape index (κ2) is 9.36. The van der Waals surface area contributed by atoms with Gasteiger partial charge in [-0.3, -0.25) is 10.1 Å². The van der Waals surface area contributed by atoms with Gasteiger partial charge < -0.3 is 9.88 Å². The summed E-state index contributed by atoms with van der Waals surface area (Å²) < 4.78 is 2.23. The normalized spacial score (nSPS) is 16.1. The summed E-state index contributed by atoms with van der Waals surface area (Å²) in [7, 11) is 1.48. The van der Waals surface area contributed by atoms with E-state index in [1.54, 1.807) is 18.3 Å². The molecule has 3 amide bonds. The van der Waals surface area contributed by atoms with Crippen LogP contribution in [0.3, 0.4) is 0 Å². The number of amides is 3. The van der Waals surface area contributed by atoms with Gasteiger partial charge in [-0.25, -0.2) is 4.79 Å². The first-order valence-electron chi connectivity index (χ1n) is 9.24. The first-order valence-corrected chi connectivity index (χ1v) is 11.0. The minimum atomic E-state index is -0.500. The van der Waals surface area contributed by atoms with E-state index >= 15 is 0 Å². The van der Waals surface area contributed by atoms with Crippen molar-refractivity contribution < 1.29 is 9.59 Å². The molecule has 1 aliphatic carbocycles. The number of thiophene rings is 1. The van der Waals surface area contributed by atoms with E-state index in [1.807, 2.05) is 6.07 Å². The predicted octanol–water partition coefficient (Wildman–Crippen LogP) is 3.37. The van der Waals surface area contributed by atoms with Gasteiger partial charge in [-0.15, -0.1) is 21.5 Å². The van der Waals surface area contributed by atoms with Gasteiger partial charge in [0.1, 0.15) is 5.82 Å². The Bertz CT molecular complexity index is 769. The smallest absolute Gasteiger partial charge is 0.321 e. The molecule has 1 fully saturated rings. The highest BCUT2D eigenvalue weighted by Crippen LogP contribution is 2.34. The molecule has 2 aromatic rings. The molecule has 9 heteroatoms. The molecule has 2 aromatic heterocycles. The molecule has 0 spiro atoms. The van der Waals surface area contributed by atoms with Crippen molar-refractivity contribution >= 4 is 35.0 Å². The summed E-state index contributed by atoms with van der Waals surface area (Å²) in [5.41, 5.74) is 0. The van der Waals surface area contributed by atoms with Crippen molar-refractivity contribution in [1.82, 2.24) is 25.4 Å². The zero-order chi connectivity index (χ0) is 19.2. The molecule has 0 aromatic carbocycles. The molecule has 1 aliphatic rings. The highest BCUT2D eigenvalue weighted by Gasteiger charge is 2.26. The Hall–Kier alpha value is -1.87. The Morgan fingerprint density at radius 2 is 2.11 bits per heavy atom. The van der Waals surface area contributed by atoms with Crippen LogP contribution in [0.1, 0.15) is 55.8 Å². The summed E-state index contributed by atoms with van der Waals surface area (Å²) in [6, 6.07) is 4.03. The van der Waals surface area contributed by atoms with Gasteiger partial charge in [-0.2, -0.15) is 0 Å². The number of thioether (sulfide) groups is 1. The van der Waals surface area contributed by atoms with Gasteiger partial charge in [-0.05, 0) is 31.2 Å². The fraction of sp³-hybridized carbons (Fsp3) is 0.556. The lowest BCUT2D eigenvalue weighted by Crippen LogP contribution is -2.41. The largest absolute Gasteiger partial charge is 0.341 e. The Balaban J connectivity index is 1.80. The van der Waals surface area contributed by atoms with Gasteiger partial charge in [0, 0.05) is 24.4 Å². The van der Waals surface area contributed by atoms with Crippen LogP contribution in [-0.4, -0.2) is 39.0 Å². The van der Waals surface area contributed by atoms with Crippen LogP contribution in [-0.2, 0) is 11.2 Å². The average Bonchev–Trinajstić information content (AvgIpc) is 3.32. The molecule has 0 saturated heterocycles. The Labute approximate surface area is 167 Å². The van der Waals surface area contributed by atoms with Gasteiger partial charge >= 0.3 is 6.03 Å². The second-order valence-electron chi connectivity index (χ2n) is 6.65. The number of urea groups is 1. The van der Waals surface area contributed by atoms with E-state index in [4.69, 9.17) is 0 Å². The molecule has 1 saturated carbocycles. The van der Waals surface area contributed by atoms with E-state index in [-0.39, 0.29) is 5.91 Å². The summed E-state index contributed by atoms with van der Waals surface area (Å²) in [5, 5.41) is 15.9. The van der Waals surface area contributed by atoms with Crippen molar-refractivity contribution in [2.24, 2.45) is 0 Å². The van der Waals surface area contributed by atoms with Crippen molar-refractivity contribution in [3.63, 3.8) is 0 Å². The van der Waals surface area contributed by atoms with Gasteiger partial charge in [0.2, 0.25) is 5.91 Å². The van der Waals surface area contributed by atoms with Crippen LogP contribution in [0.4, 0.5) is 4.79 Å². The van der Waals surface area contributed by atoms with Crippen molar-refractivity contribution in [2.45, 2.75) is 61.9 Å². The van der Waals surface area contributed by atoms with E-state index in [9.17, 15) is 9.59 Å². The lowest BCUT2D eigenvalue weighted by atomic mass is 9.95. The summed E-state index contributed by atoms with van der Waals surface area (Å²) in [4.78, 5) is 24.9. The van der Waals surface area contributed by atoms with Crippen molar-refractivity contribution in [1.29, 1.82) is 0 Å². The van der Waals surface area contributed by atoms with Crippen LogP contribution in [0, 0.1) is 0 Å². The molecule has 0 aliphatic heterocycles. The van der Waals surface area contributed by atoms with Crippen molar-refractivity contribution in [3.05, 3.63) is 28.2 Å². The summed E-state index contributed by atoms with van der Waals surface area (Å²) >= 11 is 3.07. The second-order valence-corrected chi connectivity index (χ2v) is 8.99. The van der Waals surface area contributed by atoms with Crippen LogP contribution in [0.25, 0.3) is 0 Å². The fourth-order valence-electron chi connectivity index (χ4n) is 3.27. The number of nitrogens with one attached hydrogen (secondary N) is 2. The Kier molecular flexibility index (Phi) is 6.89. The number of carbonyl (C=O) groups is 2. The third-order valence-corrected chi connectivity index (χ3v) is 6.64. The first kappa shape index (κ1) is 19.9. The molecule has 0 radical (unpaired) electrons. The molecule has 7 nitrogen and oxygen atoms in total. The molecule has 1 unspecified atom stereocenters. The molecule has 0 bridgehead atoms. The molecular formula is C18H25N5O2S2. The third kappa shape index (κ3) is 5.10. The molecule has 3 rings (SSSR count). The topological polar surface area (TPSA) is 88.9 Å². The van der Waals surface area contributed by atoms with Crippen molar-refractivity contribution in [2.75, 3.05) is 7.05 Å². The summed E-state index contributed by atoms with van der Waals surface area (Å²) in [6.07, 6.45) is 6.66. The SMILES string of the molecule is CNC(=O)NC(=O)C(C)Sc1nnc(Cc2cccs2)n1C1CCCCC1. The fourth-order valence-corrected chi connectivity index (χ4v) is 4.91. The monoisotopic (exact) mass is 407 g/mol. The number of hydrogen-bond acceptors (Lipinski definition) is 6. The van der Waals surface area contributed by atoms with Crippen molar-refractivity contribution in [3.8, 4) is 0 Å². The highest BCUT2D eigenvalue weighted by molar-refractivity contribution is 8.00. The number of imide groups is 1. The zero-order valence-electron chi connectivity index (χ0n) is 15.6. The lowest BCUT2D eigenvalue weighted by molar-refractivity contribution is -0.119. The van der Waals surface area contributed by atoms with E-state index in [2.05, 4.69) is 36.8 Å². The van der Waals surface area contributed by atoms with Crippen LogP contribution in [0.5, 0.6) is 0 Å². The number of hydrogen-bond donors (Lipinski definition) is 2. The van der Waals surface area contributed by atoms with E-state index in [1.165, 1.54) is 42.9 Å². The number of carbonyl (C=O) groups excluding carboxylic acids is 2.